The molecule has 0 fully saturated rings. The van der Waals surface area contributed by atoms with Crippen LogP contribution in [0.3, 0.4) is 0 Å². The van der Waals surface area contributed by atoms with Crippen LogP contribution < -0.4 is 10.6 Å². The lowest BCUT2D eigenvalue weighted by atomic mass is 10.2. The topological polar surface area (TPSA) is 98.4 Å². The highest BCUT2D eigenvalue weighted by Crippen LogP contribution is 2.26. The number of amides is 2. The lowest BCUT2D eigenvalue weighted by Gasteiger charge is -2.07. The summed E-state index contributed by atoms with van der Waals surface area (Å²) in [6, 6.07) is 19.1. The van der Waals surface area contributed by atoms with Crippen LogP contribution in [0.25, 0.3) is 17.1 Å². The zero-order chi connectivity index (χ0) is 22.5. The minimum Gasteiger partial charge on any atom is -0.463 e. The van der Waals surface area contributed by atoms with Gasteiger partial charge in [-0.1, -0.05) is 11.6 Å². The van der Waals surface area contributed by atoms with E-state index in [0.717, 1.165) is 5.69 Å². The quantitative estimate of drug-likeness (QED) is 0.428. The average molecular weight is 451 g/mol. The molecule has 0 unspecified atom stereocenters. The molecule has 4 aromatic rings. The summed E-state index contributed by atoms with van der Waals surface area (Å²) in [6.07, 6.45) is 1.56. The Morgan fingerprint density at radius 2 is 1.72 bits per heavy atom. The Hall–Kier alpha value is -3.88. The van der Waals surface area contributed by atoms with Crippen LogP contribution in [0.2, 0.25) is 5.02 Å². The van der Waals surface area contributed by atoms with E-state index in [1.54, 1.807) is 77.7 Å². The Bertz CT molecular complexity index is 1220. The number of methoxy groups -OCH3 is 1. The van der Waals surface area contributed by atoms with Gasteiger partial charge in [0.1, 0.15) is 12.3 Å². The number of nitrogens with zero attached hydrogens (tertiary/aromatic N) is 2. The molecule has 0 aliphatic carbocycles. The van der Waals surface area contributed by atoms with Crippen LogP contribution in [0, 0.1) is 0 Å². The van der Waals surface area contributed by atoms with Gasteiger partial charge in [0.05, 0.1) is 12.0 Å². The molecular formula is C23H19ClN4O4. The number of ether oxygens (including phenoxy) is 1. The predicted molar refractivity (Wildman–Crippen MR) is 121 cm³/mol. The number of benzene rings is 2. The summed E-state index contributed by atoms with van der Waals surface area (Å²) in [5.74, 6) is -0.0770. The highest BCUT2D eigenvalue weighted by atomic mass is 35.5. The van der Waals surface area contributed by atoms with Crippen LogP contribution in [0.1, 0.15) is 10.5 Å². The largest absolute Gasteiger partial charge is 0.463 e. The average Bonchev–Trinajstić information content (AvgIpc) is 3.46. The number of carbonyl (C=O) groups is 2. The van der Waals surface area contributed by atoms with Crippen LogP contribution >= 0.6 is 11.6 Å². The third kappa shape index (κ3) is 4.88. The molecular weight excluding hydrogens is 432 g/mol. The number of rotatable bonds is 7. The third-order valence-electron chi connectivity index (χ3n) is 4.49. The summed E-state index contributed by atoms with van der Waals surface area (Å²) in [7, 11) is 1.45. The van der Waals surface area contributed by atoms with Crippen molar-refractivity contribution in [2.24, 2.45) is 0 Å². The molecule has 0 radical (unpaired) electrons. The number of aromatic nitrogens is 2. The van der Waals surface area contributed by atoms with Crippen molar-refractivity contribution in [2.75, 3.05) is 24.4 Å². The van der Waals surface area contributed by atoms with Crippen molar-refractivity contribution >= 4 is 34.8 Å². The molecule has 4 rings (SSSR count). The van der Waals surface area contributed by atoms with Crippen molar-refractivity contribution in [1.82, 2.24) is 9.78 Å². The Balaban J connectivity index is 1.55. The maximum atomic E-state index is 12.9. The molecule has 0 saturated carbocycles. The van der Waals surface area contributed by atoms with E-state index < -0.39 is 0 Å². The van der Waals surface area contributed by atoms with Crippen LogP contribution in [-0.2, 0) is 9.53 Å². The monoisotopic (exact) mass is 450 g/mol. The van der Waals surface area contributed by atoms with Crippen molar-refractivity contribution in [3.8, 4) is 17.1 Å². The Labute approximate surface area is 188 Å². The van der Waals surface area contributed by atoms with Gasteiger partial charge in [-0.3, -0.25) is 9.59 Å². The second-order valence-electron chi connectivity index (χ2n) is 6.79. The molecule has 0 spiro atoms. The van der Waals surface area contributed by atoms with Crippen molar-refractivity contribution in [2.45, 2.75) is 0 Å². The first-order valence-corrected chi connectivity index (χ1v) is 10.0. The van der Waals surface area contributed by atoms with Crippen LogP contribution in [0.5, 0.6) is 0 Å². The highest BCUT2D eigenvalue weighted by molar-refractivity contribution is 6.30. The standard InChI is InChI=1S/C23H19ClN4O4/c1-31-14-22(29)25-16-6-8-17(9-7-16)26-23(30)19-13-20(21-3-2-12-32-21)28(27-19)18-10-4-15(24)5-11-18/h2-13H,14H2,1H3,(H,25,29)(H,26,30). The first kappa shape index (κ1) is 21.4. The molecule has 0 aliphatic rings. The van der Waals surface area contributed by atoms with E-state index in [2.05, 4.69) is 15.7 Å². The number of nitrogens with one attached hydrogen (secondary N) is 2. The summed E-state index contributed by atoms with van der Waals surface area (Å²) < 4.78 is 11.9. The molecule has 2 aromatic heterocycles. The SMILES string of the molecule is COCC(=O)Nc1ccc(NC(=O)c2cc(-c3ccco3)n(-c3ccc(Cl)cc3)n2)cc1. The van der Waals surface area contributed by atoms with Gasteiger partial charge >= 0.3 is 0 Å². The summed E-state index contributed by atoms with van der Waals surface area (Å²) in [5.41, 5.74) is 2.72. The number of carbonyl (C=O) groups excluding carboxylic acids is 2. The molecule has 9 heteroatoms. The second kappa shape index (κ2) is 9.51. The van der Waals surface area contributed by atoms with Gasteiger partial charge in [0.15, 0.2) is 11.5 Å². The van der Waals surface area contributed by atoms with Gasteiger partial charge in [-0.05, 0) is 60.7 Å². The van der Waals surface area contributed by atoms with E-state index in [1.807, 2.05) is 0 Å². The Kier molecular flexibility index (Phi) is 6.34. The maximum Gasteiger partial charge on any atom is 0.276 e. The van der Waals surface area contributed by atoms with Gasteiger partial charge in [-0.2, -0.15) is 5.10 Å². The smallest absolute Gasteiger partial charge is 0.276 e. The van der Waals surface area contributed by atoms with Crippen LogP contribution in [0.4, 0.5) is 11.4 Å². The van der Waals surface area contributed by atoms with E-state index in [4.69, 9.17) is 20.8 Å². The van der Waals surface area contributed by atoms with Gasteiger partial charge in [-0.25, -0.2) is 4.68 Å². The molecule has 2 N–H and O–H groups in total. The molecule has 2 aromatic carbocycles. The molecule has 8 nitrogen and oxygen atoms in total. The molecule has 0 atom stereocenters. The van der Waals surface area contributed by atoms with E-state index >= 15 is 0 Å². The first-order valence-electron chi connectivity index (χ1n) is 9.63. The van der Waals surface area contributed by atoms with Crippen molar-refractivity contribution in [3.63, 3.8) is 0 Å². The molecule has 2 amide bonds. The third-order valence-corrected chi connectivity index (χ3v) is 4.74. The molecule has 0 bridgehead atoms. The highest BCUT2D eigenvalue weighted by Gasteiger charge is 2.18. The van der Waals surface area contributed by atoms with Gasteiger partial charge < -0.3 is 19.8 Å². The summed E-state index contributed by atoms with van der Waals surface area (Å²) in [4.78, 5) is 24.5. The van der Waals surface area contributed by atoms with Crippen LogP contribution in [-0.4, -0.2) is 35.3 Å². The lowest BCUT2D eigenvalue weighted by Crippen LogP contribution is -2.17. The van der Waals surface area contributed by atoms with E-state index in [-0.39, 0.29) is 24.1 Å². The predicted octanol–water partition coefficient (Wildman–Crippen LogP) is 4.62. The zero-order valence-electron chi connectivity index (χ0n) is 17.0. The van der Waals surface area contributed by atoms with E-state index in [9.17, 15) is 9.59 Å². The fraction of sp³-hybridized carbons (Fsp3) is 0.0870. The minimum atomic E-state index is -0.387. The van der Waals surface area contributed by atoms with Gasteiger partial charge in [0, 0.05) is 29.6 Å². The fourth-order valence-electron chi connectivity index (χ4n) is 3.03. The van der Waals surface area contributed by atoms with Gasteiger partial charge in [0.25, 0.3) is 5.91 Å². The fourth-order valence-corrected chi connectivity index (χ4v) is 3.16. The van der Waals surface area contributed by atoms with Crippen molar-refractivity contribution in [1.29, 1.82) is 0 Å². The second-order valence-corrected chi connectivity index (χ2v) is 7.23. The first-order chi connectivity index (χ1) is 15.5. The van der Waals surface area contributed by atoms with Crippen LogP contribution in [0.15, 0.2) is 77.4 Å². The van der Waals surface area contributed by atoms with E-state index in [0.29, 0.717) is 27.9 Å². The van der Waals surface area contributed by atoms with E-state index in [1.165, 1.54) is 7.11 Å². The molecule has 0 aliphatic heterocycles. The normalized spacial score (nSPS) is 10.7. The van der Waals surface area contributed by atoms with Gasteiger partial charge in [-0.15, -0.1) is 0 Å². The number of halogens is 1. The molecule has 32 heavy (non-hydrogen) atoms. The number of furan rings is 1. The number of hydrogen-bond donors (Lipinski definition) is 2. The summed E-state index contributed by atoms with van der Waals surface area (Å²) in [5, 5.41) is 10.6. The Morgan fingerprint density at radius 1 is 1.03 bits per heavy atom. The van der Waals surface area contributed by atoms with Crippen molar-refractivity contribution < 1.29 is 18.7 Å². The maximum absolute atomic E-state index is 12.9. The number of anilines is 2. The zero-order valence-corrected chi connectivity index (χ0v) is 17.8. The van der Waals surface area contributed by atoms with Crippen molar-refractivity contribution in [3.05, 3.63) is 83.7 Å². The number of hydrogen-bond acceptors (Lipinski definition) is 5. The summed E-state index contributed by atoms with van der Waals surface area (Å²) >= 11 is 6.00. The summed E-state index contributed by atoms with van der Waals surface area (Å²) in [6.45, 7) is -0.0350. The molecule has 0 saturated heterocycles. The minimum absolute atomic E-state index is 0.0350. The Morgan fingerprint density at radius 3 is 2.34 bits per heavy atom. The molecule has 162 valence electrons. The lowest BCUT2D eigenvalue weighted by molar-refractivity contribution is -0.119. The van der Waals surface area contributed by atoms with Gasteiger partial charge in [0.2, 0.25) is 5.91 Å². The molecule has 2 heterocycles.